The Labute approximate surface area is 233 Å². The fourth-order valence-electron chi connectivity index (χ4n) is 3.51. The van der Waals surface area contributed by atoms with Crippen molar-refractivity contribution in [2.24, 2.45) is 17.6 Å². The molecule has 2 aromatic carbocycles. The maximum Gasteiger partial charge on any atom is 0.513 e. The van der Waals surface area contributed by atoms with Crippen LogP contribution in [-0.2, 0) is 25.4 Å². The van der Waals surface area contributed by atoms with E-state index in [0.717, 1.165) is 0 Å². The van der Waals surface area contributed by atoms with Crippen LogP contribution >= 0.6 is 0 Å². The Hall–Kier alpha value is -4.12. The molecule has 1 unspecified atom stereocenters. The molecule has 0 aliphatic heterocycles. The van der Waals surface area contributed by atoms with Crippen LogP contribution in [0.15, 0.2) is 48.5 Å². The van der Waals surface area contributed by atoms with Gasteiger partial charge in [-0.1, -0.05) is 52.0 Å². The van der Waals surface area contributed by atoms with Gasteiger partial charge in [0.05, 0.1) is 18.8 Å². The molecule has 40 heavy (non-hydrogen) atoms. The van der Waals surface area contributed by atoms with Crippen molar-refractivity contribution in [1.82, 2.24) is 0 Å². The van der Waals surface area contributed by atoms with Crippen molar-refractivity contribution < 1.29 is 48.0 Å². The Kier molecular flexibility index (Phi) is 11.9. The molecule has 0 amide bonds. The lowest BCUT2D eigenvalue weighted by molar-refractivity contribution is -0.144. The second-order valence-corrected chi connectivity index (χ2v) is 10.3. The van der Waals surface area contributed by atoms with E-state index < -0.39 is 35.9 Å². The van der Waals surface area contributed by atoms with Gasteiger partial charge in [0.2, 0.25) is 0 Å². The van der Waals surface area contributed by atoms with Gasteiger partial charge in [0.25, 0.3) is 0 Å². The first-order valence-corrected chi connectivity index (χ1v) is 12.9. The summed E-state index contributed by atoms with van der Waals surface area (Å²) in [5, 5.41) is 9.95. The summed E-state index contributed by atoms with van der Waals surface area (Å²) < 4.78 is 26.0. The quantitative estimate of drug-likeness (QED) is 0.193. The molecule has 11 nitrogen and oxygen atoms in total. The molecule has 0 bridgehead atoms. The minimum Gasteiger partial charge on any atom is -0.480 e. The largest absolute Gasteiger partial charge is 0.513 e. The van der Waals surface area contributed by atoms with Crippen LogP contribution in [0.3, 0.4) is 0 Å². The van der Waals surface area contributed by atoms with Crippen LogP contribution in [0.5, 0.6) is 11.5 Å². The first-order valence-electron chi connectivity index (χ1n) is 12.9. The summed E-state index contributed by atoms with van der Waals surface area (Å²) in [5.41, 5.74) is 5.09. The molecule has 2 atom stereocenters. The van der Waals surface area contributed by atoms with Crippen molar-refractivity contribution in [3.63, 3.8) is 0 Å². The lowest BCUT2D eigenvalue weighted by Gasteiger charge is -2.28. The lowest BCUT2D eigenvalue weighted by Crippen LogP contribution is -2.52. The van der Waals surface area contributed by atoms with E-state index in [1.54, 1.807) is 37.3 Å². The van der Waals surface area contributed by atoms with Gasteiger partial charge >= 0.3 is 24.2 Å². The van der Waals surface area contributed by atoms with Crippen molar-refractivity contribution in [2.45, 2.75) is 59.1 Å². The first-order chi connectivity index (χ1) is 18.8. The van der Waals surface area contributed by atoms with Gasteiger partial charge in [-0.2, -0.15) is 0 Å². The number of hydrogen-bond donors (Lipinski definition) is 2. The second-order valence-electron chi connectivity index (χ2n) is 10.3. The molecule has 0 aliphatic rings. The van der Waals surface area contributed by atoms with Gasteiger partial charge in [0, 0.05) is 12.8 Å². The topological polar surface area (TPSA) is 161 Å². The Morgan fingerprint density at radius 2 is 1.38 bits per heavy atom. The third kappa shape index (κ3) is 10.6. The minimum atomic E-state index is -1.86. The van der Waals surface area contributed by atoms with Crippen molar-refractivity contribution in [2.75, 3.05) is 13.2 Å². The fraction of sp³-hybridized carbons (Fsp3) is 0.448. The summed E-state index contributed by atoms with van der Waals surface area (Å²) in [6.45, 7) is 9.15. The summed E-state index contributed by atoms with van der Waals surface area (Å²) >= 11 is 0. The van der Waals surface area contributed by atoms with Gasteiger partial charge < -0.3 is 34.5 Å². The number of carbonyl (C=O) groups is 4. The molecule has 0 fully saturated rings. The van der Waals surface area contributed by atoms with E-state index in [4.69, 9.17) is 29.4 Å². The van der Waals surface area contributed by atoms with E-state index in [0.29, 0.717) is 11.1 Å². The SMILES string of the molecule is CC(C)COC(=O)Oc1ccc(CC(N)(C[C@H](C)OC(=O)c2ccccc2)C(=O)O)cc1OC(=O)OCC(C)C. The van der Waals surface area contributed by atoms with E-state index in [1.165, 1.54) is 18.2 Å². The minimum absolute atomic E-state index is 0.0482. The number of esters is 1. The van der Waals surface area contributed by atoms with Crippen LogP contribution in [0, 0.1) is 11.8 Å². The average molecular weight is 560 g/mol. The highest BCUT2D eigenvalue weighted by Gasteiger charge is 2.37. The number of rotatable bonds is 13. The van der Waals surface area contributed by atoms with E-state index >= 15 is 0 Å². The molecule has 0 spiro atoms. The van der Waals surface area contributed by atoms with Gasteiger partial charge in [0.15, 0.2) is 11.5 Å². The Morgan fingerprint density at radius 1 is 0.825 bits per heavy atom. The summed E-state index contributed by atoms with van der Waals surface area (Å²) in [6.07, 6.45) is -3.33. The number of carboxylic acids is 1. The zero-order valence-corrected chi connectivity index (χ0v) is 23.4. The van der Waals surface area contributed by atoms with Gasteiger partial charge in [-0.05, 0) is 48.6 Å². The summed E-state index contributed by atoms with van der Waals surface area (Å²) in [6, 6.07) is 12.4. The molecule has 218 valence electrons. The molecule has 2 aromatic rings. The van der Waals surface area contributed by atoms with E-state index in [1.807, 2.05) is 27.7 Å². The van der Waals surface area contributed by atoms with Crippen LogP contribution in [0.4, 0.5) is 9.59 Å². The molecule has 11 heteroatoms. The zero-order chi connectivity index (χ0) is 29.9. The maximum absolute atomic E-state index is 12.4. The van der Waals surface area contributed by atoms with Gasteiger partial charge in [-0.3, -0.25) is 4.79 Å². The Bertz CT molecular complexity index is 1160. The average Bonchev–Trinajstić information content (AvgIpc) is 2.88. The number of ether oxygens (including phenoxy) is 5. The van der Waals surface area contributed by atoms with Gasteiger partial charge in [-0.15, -0.1) is 0 Å². The highest BCUT2D eigenvalue weighted by Crippen LogP contribution is 2.31. The zero-order valence-electron chi connectivity index (χ0n) is 23.4. The predicted octanol–water partition coefficient (Wildman–Crippen LogP) is 4.99. The number of carbonyl (C=O) groups excluding carboxylic acids is 3. The highest BCUT2D eigenvalue weighted by atomic mass is 16.7. The van der Waals surface area contributed by atoms with E-state index in [9.17, 15) is 24.3 Å². The van der Waals surface area contributed by atoms with Crippen molar-refractivity contribution >= 4 is 24.2 Å². The van der Waals surface area contributed by atoms with Crippen LogP contribution in [0.25, 0.3) is 0 Å². The normalized spacial score (nSPS) is 13.2. The Morgan fingerprint density at radius 3 is 1.90 bits per heavy atom. The number of aliphatic carboxylic acids is 1. The summed E-state index contributed by atoms with van der Waals surface area (Å²) in [5.74, 6) is -2.15. The van der Waals surface area contributed by atoms with Gasteiger partial charge in [0.1, 0.15) is 11.6 Å². The monoisotopic (exact) mass is 559 g/mol. The smallest absolute Gasteiger partial charge is 0.480 e. The van der Waals surface area contributed by atoms with Crippen molar-refractivity contribution in [1.29, 1.82) is 0 Å². The second kappa shape index (κ2) is 14.9. The Balaban J connectivity index is 2.24. The van der Waals surface area contributed by atoms with Crippen molar-refractivity contribution in [3.05, 3.63) is 59.7 Å². The van der Waals surface area contributed by atoms with Crippen LogP contribution in [-0.4, -0.2) is 54.2 Å². The highest BCUT2D eigenvalue weighted by molar-refractivity contribution is 5.89. The molecule has 0 aliphatic carbocycles. The molecule has 0 saturated heterocycles. The third-order valence-corrected chi connectivity index (χ3v) is 5.38. The van der Waals surface area contributed by atoms with Crippen molar-refractivity contribution in [3.8, 4) is 11.5 Å². The molecule has 0 aromatic heterocycles. The third-order valence-electron chi connectivity index (χ3n) is 5.38. The first kappa shape index (κ1) is 32.1. The van der Waals surface area contributed by atoms with Crippen LogP contribution in [0.2, 0.25) is 0 Å². The molecule has 0 saturated carbocycles. The van der Waals surface area contributed by atoms with Crippen LogP contribution in [0.1, 0.15) is 57.0 Å². The molecule has 2 rings (SSSR count). The number of benzene rings is 2. The van der Waals surface area contributed by atoms with Gasteiger partial charge in [-0.25, -0.2) is 14.4 Å². The summed E-state index contributed by atoms with van der Waals surface area (Å²) in [4.78, 5) is 49.0. The number of nitrogens with two attached hydrogens (primary N) is 1. The molecular weight excluding hydrogens is 522 g/mol. The maximum atomic E-state index is 12.4. The predicted molar refractivity (Wildman–Crippen MR) is 144 cm³/mol. The molecule has 0 radical (unpaired) electrons. The van der Waals surface area contributed by atoms with E-state index in [2.05, 4.69) is 0 Å². The van der Waals surface area contributed by atoms with Crippen LogP contribution < -0.4 is 15.2 Å². The standard InChI is InChI=1S/C29H37NO10/c1-18(2)16-36-27(34)39-23-12-11-21(13-24(23)40-28(35)37-17-19(3)4)15-29(30,26(32)33)14-20(5)38-25(31)22-9-7-6-8-10-22/h6-13,18-20H,14-17,30H2,1-5H3,(H,32,33)/t20-,29?/m0/s1. The molecular formula is C29H37NO10. The number of carboxylic acid groups (broad SMARTS) is 1. The molecule has 0 heterocycles. The number of hydrogen-bond acceptors (Lipinski definition) is 10. The summed E-state index contributed by atoms with van der Waals surface area (Å²) in [7, 11) is 0. The molecule has 3 N–H and O–H groups in total. The van der Waals surface area contributed by atoms with E-state index in [-0.39, 0.29) is 49.4 Å². The lowest BCUT2D eigenvalue weighted by atomic mass is 9.86. The fourth-order valence-corrected chi connectivity index (χ4v) is 3.51.